The number of nitrogens with zero attached hydrogens (tertiary/aromatic N) is 2. The zero-order valence-corrected chi connectivity index (χ0v) is 19.7. The molecule has 0 radical (unpaired) electrons. The molecule has 4 nitrogen and oxygen atoms in total. The third kappa shape index (κ3) is 3.15. The summed E-state index contributed by atoms with van der Waals surface area (Å²) in [7, 11) is 0. The van der Waals surface area contributed by atoms with E-state index in [2.05, 4.69) is 35.9 Å². The van der Waals surface area contributed by atoms with E-state index in [4.69, 9.17) is 4.74 Å². The monoisotopic (exact) mass is 422 g/mol. The van der Waals surface area contributed by atoms with E-state index >= 15 is 0 Å². The Morgan fingerprint density at radius 1 is 1.19 bits per heavy atom. The molecule has 1 aliphatic heterocycles. The Morgan fingerprint density at radius 2 is 2.03 bits per heavy atom. The van der Waals surface area contributed by atoms with Gasteiger partial charge in [0.2, 0.25) is 5.91 Å². The van der Waals surface area contributed by atoms with Crippen LogP contribution in [-0.4, -0.2) is 35.0 Å². The average Bonchev–Trinajstić information content (AvgIpc) is 3.10. The zero-order chi connectivity index (χ0) is 21.8. The second-order valence-corrected chi connectivity index (χ2v) is 10.9. The van der Waals surface area contributed by atoms with Crippen LogP contribution in [0.15, 0.2) is 24.5 Å². The van der Waals surface area contributed by atoms with Gasteiger partial charge >= 0.3 is 0 Å². The molecular formula is C27H38N2O2. The molecule has 1 amide bonds. The maximum atomic E-state index is 12.4. The van der Waals surface area contributed by atoms with Crippen LogP contribution in [0.4, 0.5) is 0 Å². The Labute approximate surface area is 187 Å². The number of carbonyl (C=O) groups excluding carboxylic acids is 1. The number of allylic oxidation sites excluding steroid dienone is 2. The first kappa shape index (κ1) is 21.0. The predicted octanol–water partition coefficient (Wildman–Crippen LogP) is 5.73. The van der Waals surface area contributed by atoms with Gasteiger partial charge in [0, 0.05) is 25.7 Å². The van der Waals surface area contributed by atoms with E-state index in [9.17, 15) is 4.79 Å². The molecule has 1 aromatic heterocycles. The van der Waals surface area contributed by atoms with E-state index in [0.29, 0.717) is 18.6 Å². The molecule has 3 aliphatic carbocycles. The van der Waals surface area contributed by atoms with Crippen LogP contribution < -0.4 is 4.74 Å². The van der Waals surface area contributed by atoms with Crippen LogP contribution in [0.3, 0.4) is 0 Å². The lowest BCUT2D eigenvalue weighted by atomic mass is 9.46. The molecule has 6 atom stereocenters. The van der Waals surface area contributed by atoms with Crippen molar-refractivity contribution >= 4 is 11.5 Å². The molecule has 0 spiro atoms. The second kappa shape index (κ2) is 7.64. The van der Waals surface area contributed by atoms with Gasteiger partial charge in [0.25, 0.3) is 0 Å². The van der Waals surface area contributed by atoms with Crippen LogP contribution in [0.25, 0.3) is 5.57 Å². The summed E-state index contributed by atoms with van der Waals surface area (Å²) in [6, 6.07) is 2.64. The third-order valence-corrected chi connectivity index (χ3v) is 9.63. The maximum absolute atomic E-state index is 12.4. The van der Waals surface area contributed by atoms with Gasteiger partial charge in [-0.15, -0.1) is 0 Å². The highest BCUT2D eigenvalue weighted by atomic mass is 16.5. The van der Waals surface area contributed by atoms with Gasteiger partial charge in [-0.05, 0) is 97.7 Å². The maximum Gasteiger partial charge on any atom is 0.219 e. The van der Waals surface area contributed by atoms with Crippen molar-refractivity contribution in [1.82, 2.24) is 9.88 Å². The van der Waals surface area contributed by atoms with Gasteiger partial charge in [0.15, 0.2) is 0 Å². The molecule has 3 fully saturated rings. The fraction of sp³-hybridized carbons (Fsp3) is 0.704. The van der Waals surface area contributed by atoms with E-state index in [1.807, 2.05) is 19.3 Å². The number of carbonyl (C=O) groups is 1. The number of aromatic nitrogens is 1. The second-order valence-electron chi connectivity index (χ2n) is 10.9. The SMILES string of the molecule is CCOc1cncc(C2=CC[C@H]3C4CCC5N(C(C)=O)CCCC5(C)C4CCC23C)c1. The van der Waals surface area contributed by atoms with Gasteiger partial charge in [0.1, 0.15) is 5.75 Å². The summed E-state index contributed by atoms with van der Waals surface area (Å²) in [5.74, 6) is 3.38. The molecule has 4 heteroatoms. The van der Waals surface area contributed by atoms with Gasteiger partial charge in [-0.1, -0.05) is 19.9 Å². The summed E-state index contributed by atoms with van der Waals surface area (Å²) < 4.78 is 5.74. The van der Waals surface area contributed by atoms with Crippen molar-refractivity contribution in [2.75, 3.05) is 13.2 Å². The minimum absolute atomic E-state index is 0.228. The number of pyridine rings is 1. The molecular weight excluding hydrogens is 384 g/mol. The number of rotatable bonds is 3. The van der Waals surface area contributed by atoms with Gasteiger partial charge in [-0.3, -0.25) is 9.78 Å². The van der Waals surface area contributed by atoms with E-state index in [1.165, 1.54) is 49.7 Å². The Balaban J connectivity index is 1.42. The first-order valence-electron chi connectivity index (χ1n) is 12.4. The summed E-state index contributed by atoms with van der Waals surface area (Å²) in [6.07, 6.45) is 15.0. The fourth-order valence-corrected chi connectivity index (χ4v) is 8.29. The first-order valence-corrected chi connectivity index (χ1v) is 12.4. The molecule has 31 heavy (non-hydrogen) atoms. The Morgan fingerprint density at radius 3 is 2.81 bits per heavy atom. The van der Waals surface area contributed by atoms with Gasteiger partial charge in [0.05, 0.1) is 12.8 Å². The lowest BCUT2D eigenvalue weighted by Gasteiger charge is -2.62. The normalized spacial score (nSPS) is 39.2. The topological polar surface area (TPSA) is 42.4 Å². The molecule has 2 heterocycles. The Kier molecular flexibility index (Phi) is 5.18. The summed E-state index contributed by atoms with van der Waals surface area (Å²) >= 11 is 0. The molecule has 1 aromatic rings. The number of hydrogen-bond acceptors (Lipinski definition) is 3. The summed E-state index contributed by atoms with van der Waals surface area (Å²) in [4.78, 5) is 19.1. The van der Waals surface area contributed by atoms with Crippen LogP contribution in [0, 0.1) is 28.6 Å². The Hall–Kier alpha value is -1.84. The van der Waals surface area contributed by atoms with Gasteiger partial charge in [-0.25, -0.2) is 0 Å². The molecule has 0 N–H and O–H groups in total. The lowest BCUT2D eigenvalue weighted by molar-refractivity contribution is -0.151. The highest BCUT2D eigenvalue weighted by molar-refractivity contribution is 5.74. The predicted molar refractivity (Wildman–Crippen MR) is 124 cm³/mol. The fourth-order valence-electron chi connectivity index (χ4n) is 8.29. The van der Waals surface area contributed by atoms with E-state index in [-0.39, 0.29) is 16.7 Å². The van der Waals surface area contributed by atoms with Crippen molar-refractivity contribution in [3.8, 4) is 5.75 Å². The highest BCUT2D eigenvalue weighted by Crippen LogP contribution is 2.66. The van der Waals surface area contributed by atoms with Crippen molar-refractivity contribution in [2.24, 2.45) is 28.6 Å². The van der Waals surface area contributed by atoms with E-state index in [1.54, 1.807) is 6.92 Å². The smallest absolute Gasteiger partial charge is 0.219 e. The minimum Gasteiger partial charge on any atom is -0.492 e. The van der Waals surface area contributed by atoms with Crippen molar-refractivity contribution in [3.63, 3.8) is 0 Å². The first-order chi connectivity index (χ1) is 14.9. The molecule has 0 aromatic carbocycles. The lowest BCUT2D eigenvalue weighted by Crippen LogP contribution is -2.61. The molecule has 5 rings (SSSR count). The quantitative estimate of drug-likeness (QED) is 0.625. The molecule has 1 saturated heterocycles. The minimum atomic E-state index is 0.228. The highest BCUT2D eigenvalue weighted by Gasteiger charge is 2.59. The largest absolute Gasteiger partial charge is 0.492 e. The third-order valence-electron chi connectivity index (χ3n) is 9.63. The number of hydrogen-bond donors (Lipinski definition) is 0. The number of fused-ring (bicyclic) bond motifs is 5. The summed E-state index contributed by atoms with van der Waals surface area (Å²) in [6.45, 7) is 10.5. The van der Waals surface area contributed by atoms with Crippen molar-refractivity contribution < 1.29 is 9.53 Å². The molecule has 5 unspecified atom stereocenters. The molecule has 4 aliphatic rings. The van der Waals surface area contributed by atoms with Gasteiger partial charge < -0.3 is 9.64 Å². The van der Waals surface area contributed by atoms with Crippen molar-refractivity contribution in [3.05, 3.63) is 30.1 Å². The standard InChI is InChI=1S/C27H38N2O2/c1-5-31-20-15-19(16-28-17-20)22-8-9-23-21-7-10-25-27(4,12-6-14-29(25)18(2)30)24(21)11-13-26(22,23)3/h8,15-17,21,23-25H,5-7,9-14H2,1-4H3/t21?,23-,24?,25?,26?,27?/m0/s1. The number of likely N-dealkylation sites (tertiary alicyclic amines) is 1. The van der Waals surface area contributed by atoms with Crippen LogP contribution in [0.2, 0.25) is 0 Å². The summed E-state index contributed by atoms with van der Waals surface area (Å²) in [5.41, 5.74) is 3.25. The average molecular weight is 423 g/mol. The van der Waals surface area contributed by atoms with Crippen LogP contribution in [0.1, 0.15) is 78.2 Å². The zero-order valence-electron chi connectivity index (χ0n) is 19.7. The van der Waals surface area contributed by atoms with Crippen molar-refractivity contribution in [1.29, 1.82) is 0 Å². The number of amides is 1. The molecule has 168 valence electrons. The van der Waals surface area contributed by atoms with Crippen LogP contribution >= 0.6 is 0 Å². The number of ether oxygens (including phenoxy) is 1. The van der Waals surface area contributed by atoms with Gasteiger partial charge in [-0.2, -0.15) is 0 Å². The summed E-state index contributed by atoms with van der Waals surface area (Å²) in [5, 5.41) is 0. The van der Waals surface area contributed by atoms with Crippen LogP contribution in [-0.2, 0) is 4.79 Å². The van der Waals surface area contributed by atoms with Crippen molar-refractivity contribution in [2.45, 2.75) is 78.7 Å². The Bertz CT molecular complexity index is 895. The van der Waals surface area contributed by atoms with E-state index in [0.717, 1.165) is 30.6 Å². The number of piperidine rings is 1. The molecule has 0 bridgehead atoms. The molecule has 2 saturated carbocycles. The van der Waals surface area contributed by atoms with Crippen LogP contribution in [0.5, 0.6) is 5.75 Å². The van der Waals surface area contributed by atoms with E-state index < -0.39 is 0 Å².